The Morgan fingerprint density at radius 2 is 2.45 bits per heavy atom. The van der Waals surface area contributed by atoms with Crippen LogP contribution in [0.1, 0.15) is 0 Å². The van der Waals surface area contributed by atoms with Crippen molar-refractivity contribution in [1.82, 2.24) is 4.90 Å². The minimum absolute atomic E-state index is 0.0783. The van der Waals surface area contributed by atoms with Gasteiger partial charge in [-0.25, -0.2) is 9.69 Å². The summed E-state index contributed by atoms with van der Waals surface area (Å²) in [6.45, 7) is -2.83. The molecule has 1 aliphatic rings. The van der Waals surface area contributed by atoms with Crippen molar-refractivity contribution in [1.29, 1.82) is 0 Å². The number of halogens is 2. The van der Waals surface area contributed by atoms with Gasteiger partial charge in [0, 0.05) is 6.54 Å². The molecule has 0 aromatic rings. The van der Waals surface area contributed by atoms with Gasteiger partial charge in [-0.1, -0.05) is 0 Å². The third-order valence-electron chi connectivity index (χ3n) is 1.40. The van der Waals surface area contributed by atoms with Crippen molar-refractivity contribution < 1.29 is 18.3 Å². The molecule has 1 aliphatic heterocycles. The summed E-state index contributed by atoms with van der Waals surface area (Å²) in [5, 5.41) is 0. The Labute approximate surface area is 61.9 Å². The lowest BCUT2D eigenvalue weighted by Crippen LogP contribution is -2.31. The molecule has 1 amide bonds. The van der Waals surface area contributed by atoms with Crippen LogP contribution in [-0.2, 0) is 4.74 Å². The molecular formula is C5H8F2N2O2. The first-order valence-corrected chi connectivity index (χ1v) is 3.10. The van der Waals surface area contributed by atoms with E-state index in [1.807, 2.05) is 0 Å². The molecule has 6 heteroatoms. The molecule has 0 spiro atoms. The van der Waals surface area contributed by atoms with Crippen molar-refractivity contribution in [2.75, 3.05) is 13.1 Å². The van der Waals surface area contributed by atoms with Gasteiger partial charge in [0.1, 0.15) is 6.10 Å². The van der Waals surface area contributed by atoms with E-state index < -0.39 is 18.7 Å². The van der Waals surface area contributed by atoms with E-state index in [1.165, 1.54) is 0 Å². The molecule has 1 rings (SSSR count). The second kappa shape index (κ2) is 3.00. The fraction of sp³-hybridized carbons (Fsp3) is 0.800. The van der Waals surface area contributed by atoms with Crippen LogP contribution in [0.25, 0.3) is 0 Å². The first kappa shape index (κ1) is 8.19. The normalized spacial score (nSPS) is 24.5. The predicted octanol–water partition coefficient (Wildman–Crippen LogP) is -0.0115. The number of rotatable bonds is 2. The van der Waals surface area contributed by atoms with Crippen molar-refractivity contribution in [3.05, 3.63) is 0 Å². The molecule has 2 N–H and O–H groups in total. The average Bonchev–Trinajstić information content (AvgIpc) is 2.30. The number of nitrogens with two attached hydrogens (primary N) is 1. The Morgan fingerprint density at radius 1 is 1.82 bits per heavy atom. The molecule has 1 fully saturated rings. The van der Waals surface area contributed by atoms with Gasteiger partial charge in [0.15, 0.2) is 0 Å². The van der Waals surface area contributed by atoms with Gasteiger partial charge < -0.3 is 10.5 Å². The smallest absolute Gasteiger partial charge is 0.414 e. The summed E-state index contributed by atoms with van der Waals surface area (Å²) in [4.78, 5) is 10.9. The van der Waals surface area contributed by atoms with Crippen LogP contribution >= 0.6 is 0 Å². The molecule has 1 atom stereocenters. The Bertz CT molecular complexity index is 165. The minimum atomic E-state index is -2.79. The Kier molecular flexibility index (Phi) is 2.23. The third-order valence-corrected chi connectivity index (χ3v) is 1.40. The number of hydrogen-bond acceptors (Lipinski definition) is 3. The van der Waals surface area contributed by atoms with Crippen LogP contribution in [0.2, 0.25) is 0 Å². The van der Waals surface area contributed by atoms with Gasteiger partial charge >= 0.3 is 12.6 Å². The second-order valence-corrected chi connectivity index (χ2v) is 2.17. The Hall–Kier alpha value is -0.910. The molecule has 0 radical (unpaired) electrons. The van der Waals surface area contributed by atoms with E-state index in [2.05, 4.69) is 4.74 Å². The standard InChI is InChI=1S/C5H8F2N2O2/c6-4(7)9-2-3(1-8)11-5(9)10/h3-4H,1-2,8H2. The van der Waals surface area contributed by atoms with E-state index in [-0.39, 0.29) is 13.1 Å². The molecule has 1 heterocycles. The van der Waals surface area contributed by atoms with Crippen LogP contribution in [0.3, 0.4) is 0 Å². The highest BCUT2D eigenvalue weighted by molar-refractivity contribution is 5.69. The van der Waals surface area contributed by atoms with Crippen molar-refractivity contribution in [3.8, 4) is 0 Å². The van der Waals surface area contributed by atoms with Crippen LogP contribution in [0, 0.1) is 0 Å². The molecule has 0 bridgehead atoms. The first-order chi connectivity index (χ1) is 5.15. The topological polar surface area (TPSA) is 55.6 Å². The summed E-state index contributed by atoms with van der Waals surface area (Å²) in [5.41, 5.74) is 5.11. The minimum Gasteiger partial charge on any atom is -0.443 e. The number of amides is 1. The van der Waals surface area contributed by atoms with Crippen LogP contribution in [0.5, 0.6) is 0 Å². The zero-order chi connectivity index (χ0) is 8.43. The summed E-state index contributed by atoms with van der Waals surface area (Å²) >= 11 is 0. The van der Waals surface area contributed by atoms with Crippen molar-refractivity contribution >= 4 is 6.09 Å². The first-order valence-electron chi connectivity index (χ1n) is 3.10. The monoisotopic (exact) mass is 166 g/mol. The maximum atomic E-state index is 11.9. The van der Waals surface area contributed by atoms with E-state index in [0.29, 0.717) is 4.90 Å². The van der Waals surface area contributed by atoms with Crippen molar-refractivity contribution in [2.24, 2.45) is 5.73 Å². The van der Waals surface area contributed by atoms with Gasteiger partial charge in [0.05, 0.1) is 6.54 Å². The molecule has 64 valence electrons. The maximum absolute atomic E-state index is 11.9. The summed E-state index contributed by atoms with van der Waals surface area (Å²) in [6, 6.07) is 0. The average molecular weight is 166 g/mol. The lowest BCUT2D eigenvalue weighted by molar-refractivity contribution is 0.00923. The molecule has 0 aromatic heterocycles. The number of hydrogen-bond donors (Lipinski definition) is 1. The highest BCUT2D eigenvalue weighted by Crippen LogP contribution is 2.14. The highest BCUT2D eigenvalue weighted by Gasteiger charge is 2.35. The fourth-order valence-corrected chi connectivity index (χ4v) is 0.823. The van der Waals surface area contributed by atoms with Crippen LogP contribution in [0.4, 0.5) is 13.6 Å². The quantitative estimate of drug-likeness (QED) is 0.587. The summed E-state index contributed by atoms with van der Waals surface area (Å²) < 4.78 is 28.2. The SMILES string of the molecule is NCC1CN(C(F)F)C(=O)O1. The van der Waals surface area contributed by atoms with Gasteiger partial charge in [-0.2, -0.15) is 8.78 Å². The molecule has 1 unspecified atom stereocenters. The highest BCUT2D eigenvalue weighted by atomic mass is 19.3. The van der Waals surface area contributed by atoms with Crippen LogP contribution in [0.15, 0.2) is 0 Å². The third kappa shape index (κ3) is 1.56. The molecule has 1 saturated heterocycles. The van der Waals surface area contributed by atoms with Gasteiger partial charge in [0.2, 0.25) is 0 Å². The number of cyclic esters (lactones) is 1. The number of nitrogens with zero attached hydrogens (tertiary/aromatic N) is 1. The second-order valence-electron chi connectivity index (χ2n) is 2.17. The number of alkyl halides is 2. The molecule has 11 heavy (non-hydrogen) atoms. The lowest BCUT2D eigenvalue weighted by Gasteiger charge is -2.09. The van der Waals surface area contributed by atoms with E-state index >= 15 is 0 Å². The number of carbonyl (C=O) groups is 1. The summed E-state index contributed by atoms with van der Waals surface area (Å²) in [7, 11) is 0. The van der Waals surface area contributed by atoms with Gasteiger partial charge in [-0.15, -0.1) is 0 Å². The summed E-state index contributed by atoms with van der Waals surface area (Å²) in [6.07, 6.45) is -1.58. The number of ether oxygens (including phenoxy) is 1. The van der Waals surface area contributed by atoms with Gasteiger partial charge in [0.25, 0.3) is 0 Å². The molecule has 4 nitrogen and oxygen atoms in total. The van der Waals surface area contributed by atoms with E-state index in [9.17, 15) is 13.6 Å². The Morgan fingerprint density at radius 3 is 2.73 bits per heavy atom. The zero-order valence-electron chi connectivity index (χ0n) is 5.67. The van der Waals surface area contributed by atoms with E-state index in [4.69, 9.17) is 5.73 Å². The van der Waals surface area contributed by atoms with E-state index in [0.717, 1.165) is 0 Å². The zero-order valence-corrected chi connectivity index (χ0v) is 5.67. The number of carbonyl (C=O) groups excluding carboxylic acids is 1. The molecule has 0 aliphatic carbocycles. The van der Waals surface area contributed by atoms with Crippen LogP contribution in [-0.4, -0.2) is 36.7 Å². The van der Waals surface area contributed by atoms with E-state index in [1.54, 1.807) is 0 Å². The van der Waals surface area contributed by atoms with Gasteiger partial charge in [-0.3, -0.25) is 0 Å². The van der Waals surface area contributed by atoms with Gasteiger partial charge in [-0.05, 0) is 0 Å². The Balaban J connectivity index is 2.52. The molecule has 0 saturated carbocycles. The van der Waals surface area contributed by atoms with Crippen molar-refractivity contribution in [3.63, 3.8) is 0 Å². The van der Waals surface area contributed by atoms with Crippen LogP contribution < -0.4 is 5.73 Å². The fourth-order valence-electron chi connectivity index (χ4n) is 0.823. The predicted molar refractivity (Wildman–Crippen MR) is 32.0 cm³/mol. The molecule has 0 aromatic carbocycles. The maximum Gasteiger partial charge on any atom is 0.414 e. The molecular weight excluding hydrogens is 158 g/mol. The van der Waals surface area contributed by atoms with Crippen molar-refractivity contribution in [2.45, 2.75) is 12.7 Å². The summed E-state index contributed by atoms with van der Waals surface area (Å²) in [5.74, 6) is 0. The lowest BCUT2D eigenvalue weighted by atomic mass is 10.4. The largest absolute Gasteiger partial charge is 0.443 e.